The molecule has 192 valence electrons. The second-order valence-electron chi connectivity index (χ2n) is 9.90. The minimum absolute atomic E-state index is 0.0458. The molecule has 0 bridgehead atoms. The van der Waals surface area contributed by atoms with Crippen molar-refractivity contribution in [3.8, 4) is 0 Å². The lowest BCUT2D eigenvalue weighted by atomic mass is 9.71. The van der Waals surface area contributed by atoms with Gasteiger partial charge in [-0.1, -0.05) is 24.3 Å². The standard InChI is InChI=1S/C29H33N5O3/c1-20(35)32-24-10-6-21(7-11-24)18-31-28(37)25-12-13-26-29(14-3-15-29)33(16-17-34(25)26)19-22-4-8-23(9-5-22)27(36)30-2/h4-13H,3,14-19H2,1-2H3,(H,30,36)(H,31,37)(H,32,35). The van der Waals surface area contributed by atoms with Crippen molar-refractivity contribution in [2.75, 3.05) is 18.9 Å². The maximum atomic E-state index is 13.1. The van der Waals surface area contributed by atoms with E-state index in [9.17, 15) is 14.4 Å². The Bertz CT molecular complexity index is 1310. The molecule has 1 spiro atoms. The first-order valence-electron chi connectivity index (χ1n) is 12.8. The first kappa shape index (κ1) is 24.8. The lowest BCUT2D eigenvalue weighted by Crippen LogP contribution is -2.56. The van der Waals surface area contributed by atoms with Crippen LogP contribution in [0.5, 0.6) is 0 Å². The second kappa shape index (κ2) is 10.2. The normalized spacial score (nSPS) is 15.9. The summed E-state index contributed by atoms with van der Waals surface area (Å²) in [6.45, 7) is 4.34. The van der Waals surface area contributed by atoms with Gasteiger partial charge in [-0.05, 0) is 66.8 Å². The number of carbonyl (C=O) groups is 3. The summed E-state index contributed by atoms with van der Waals surface area (Å²) in [7, 11) is 1.64. The van der Waals surface area contributed by atoms with E-state index in [0.717, 1.165) is 43.7 Å². The van der Waals surface area contributed by atoms with Crippen LogP contribution in [0.1, 0.15) is 63.9 Å². The van der Waals surface area contributed by atoms with Gasteiger partial charge in [-0.3, -0.25) is 19.3 Å². The molecule has 2 aliphatic rings. The zero-order chi connectivity index (χ0) is 26.0. The van der Waals surface area contributed by atoms with Gasteiger partial charge in [0.15, 0.2) is 0 Å². The Balaban J connectivity index is 1.27. The van der Waals surface area contributed by atoms with E-state index in [1.165, 1.54) is 24.6 Å². The molecular weight excluding hydrogens is 466 g/mol. The summed E-state index contributed by atoms with van der Waals surface area (Å²) >= 11 is 0. The molecule has 1 aliphatic carbocycles. The van der Waals surface area contributed by atoms with E-state index in [1.807, 2.05) is 54.6 Å². The van der Waals surface area contributed by atoms with E-state index in [1.54, 1.807) is 7.05 Å². The highest BCUT2D eigenvalue weighted by molar-refractivity contribution is 5.94. The molecule has 1 aliphatic heterocycles. The largest absolute Gasteiger partial charge is 0.355 e. The molecule has 8 nitrogen and oxygen atoms in total. The first-order valence-corrected chi connectivity index (χ1v) is 12.8. The first-order chi connectivity index (χ1) is 17.9. The van der Waals surface area contributed by atoms with Gasteiger partial charge in [0.1, 0.15) is 5.69 Å². The van der Waals surface area contributed by atoms with Crippen molar-refractivity contribution in [2.24, 2.45) is 0 Å². The number of nitrogens with zero attached hydrogens (tertiary/aromatic N) is 2. The van der Waals surface area contributed by atoms with Crippen LogP contribution in [0.4, 0.5) is 5.69 Å². The number of rotatable bonds is 7. The summed E-state index contributed by atoms with van der Waals surface area (Å²) in [6.07, 6.45) is 3.33. The van der Waals surface area contributed by atoms with Crippen LogP contribution in [-0.2, 0) is 30.0 Å². The van der Waals surface area contributed by atoms with Gasteiger partial charge in [0, 0.05) is 57.1 Å². The van der Waals surface area contributed by atoms with Crippen LogP contribution in [0.3, 0.4) is 0 Å². The molecule has 1 saturated carbocycles. The molecule has 0 unspecified atom stereocenters. The van der Waals surface area contributed by atoms with Gasteiger partial charge in [-0.25, -0.2) is 0 Å². The van der Waals surface area contributed by atoms with Crippen molar-refractivity contribution in [1.29, 1.82) is 0 Å². The van der Waals surface area contributed by atoms with Crippen molar-refractivity contribution >= 4 is 23.4 Å². The molecule has 5 rings (SSSR count). The Morgan fingerprint density at radius 1 is 0.865 bits per heavy atom. The van der Waals surface area contributed by atoms with Gasteiger partial charge in [0.25, 0.3) is 11.8 Å². The minimum Gasteiger partial charge on any atom is -0.355 e. The van der Waals surface area contributed by atoms with Crippen LogP contribution in [0.15, 0.2) is 60.7 Å². The summed E-state index contributed by atoms with van der Waals surface area (Å²) in [6, 6.07) is 19.4. The minimum atomic E-state index is -0.110. The van der Waals surface area contributed by atoms with E-state index in [0.29, 0.717) is 17.8 Å². The SMILES string of the molecule is CNC(=O)c1ccc(CN2CCn3c(C(=O)NCc4ccc(NC(C)=O)cc4)ccc3C23CCC3)cc1. The van der Waals surface area contributed by atoms with Crippen molar-refractivity contribution < 1.29 is 14.4 Å². The second-order valence-corrected chi connectivity index (χ2v) is 9.90. The summed E-state index contributed by atoms with van der Waals surface area (Å²) in [5.41, 5.74) is 5.42. The van der Waals surface area contributed by atoms with Crippen LogP contribution in [-0.4, -0.2) is 40.8 Å². The molecule has 37 heavy (non-hydrogen) atoms. The molecule has 1 aromatic heterocycles. The zero-order valence-electron chi connectivity index (χ0n) is 21.3. The van der Waals surface area contributed by atoms with Gasteiger partial charge in [-0.15, -0.1) is 0 Å². The Labute approximate surface area is 217 Å². The number of hydrogen-bond donors (Lipinski definition) is 3. The number of aromatic nitrogens is 1. The molecule has 3 aromatic rings. The Kier molecular flexibility index (Phi) is 6.84. The topological polar surface area (TPSA) is 95.5 Å². The summed E-state index contributed by atoms with van der Waals surface area (Å²) in [4.78, 5) is 38.7. The average Bonchev–Trinajstić information content (AvgIpc) is 3.31. The van der Waals surface area contributed by atoms with E-state index in [2.05, 4.69) is 31.5 Å². The van der Waals surface area contributed by atoms with Crippen molar-refractivity contribution in [1.82, 2.24) is 20.1 Å². The summed E-state index contributed by atoms with van der Waals surface area (Å²) in [5.74, 6) is -0.267. The highest BCUT2D eigenvalue weighted by atomic mass is 16.2. The third kappa shape index (κ3) is 4.89. The van der Waals surface area contributed by atoms with E-state index in [-0.39, 0.29) is 23.3 Å². The van der Waals surface area contributed by atoms with Crippen LogP contribution in [0, 0.1) is 0 Å². The van der Waals surface area contributed by atoms with Gasteiger partial charge in [-0.2, -0.15) is 0 Å². The molecule has 1 fully saturated rings. The molecule has 0 radical (unpaired) electrons. The number of fused-ring (bicyclic) bond motifs is 2. The number of benzene rings is 2. The molecule has 3 amide bonds. The highest BCUT2D eigenvalue weighted by Crippen LogP contribution is 2.49. The Morgan fingerprint density at radius 3 is 2.19 bits per heavy atom. The maximum absolute atomic E-state index is 13.1. The number of nitrogens with one attached hydrogen (secondary N) is 3. The fourth-order valence-electron chi connectivity index (χ4n) is 5.53. The lowest BCUT2D eigenvalue weighted by Gasteiger charge is -2.53. The lowest BCUT2D eigenvalue weighted by molar-refractivity contribution is -0.114. The molecule has 2 heterocycles. The van der Waals surface area contributed by atoms with Crippen LogP contribution < -0.4 is 16.0 Å². The Morgan fingerprint density at radius 2 is 1.57 bits per heavy atom. The molecular formula is C29H33N5O3. The van der Waals surface area contributed by atoms with Gasteiger partial charge in [0.2, 0.25) is 5.91 Å². The van der Waals surface area contributed by atoms with Gasteiger partial charge in [0.05, 0.1) is 5.54 Å². The highest BCUT2D eigenvalue weighted by Gasteiger charge is 2.48. The van der Waals surface area contributed by atoms with Crippen molar-refractivity contribution in [3.05, 3.63) is 88.7 Å². The monoisotopic (exact) mass is 499 g/mol. The van der Waals surface area contributed by atoms with Crippen LogP contribution in [0.2, 0.25) is 0 Å². The maximum Gasteiger partial charge on any atom is 0.268 e. The number of amides is 3. The third-order valence-electron chi connectivity index (χ3n) is 7.61. The quantitative estimate of drug-likeness (QED) is 0.463. The van der Waals surface area contributed by atoms with E-state index in [4.69, 9.17) is 0 Å². The Hall–Kier alpha value is -3.91. The molecule has 3 N–H and O–H groups in total. The predicted molar refractivity (Wildman–Crippen MR) is 142 cm³/mol. The zero-order valence-corrected chi connectivity index (χ0v) is 21.3. The third-order valence-corrected chi connectivity index (χ3v) is 7.61. The fourth-order valence-corrected chi connectivity index (χ4v) is 5.53. The average molecular weight is 500 g/mol. The molecule has 0 saturated heterocycles. The molecule has 0 atom stereocenters. The summed E-state index contributed by atoms with van der Waals surface area (Å²) < 4.78 is 2.19. The smallest absolute Gasteiger partial charge is 0.268 e. The van der Waals surface area contributed by atoms with Gasteiger partial charge < -0.3 is 20.5 Å². The van der Waals surface area contributed by atoms with Crippen molar-refractivity contribution in [3.63, 3.8) is 0 Å². The fraction of sp³-hybridized carbons (Fsp3) is 0.345. The van der Waals surface area contributed by atoms with Crippen LogP contribution >= 0.6 is 0 Å². The van der Waals surface area contributed by atoms with Crippen LogP contribution in [0.25, 0.3) is 0 Å². The summed E-state index contributed by atoms with van der Waals surface area (Å²) in [5, 5.41) is 8.47. The molecule has 2 aromatic carbocycles. The molecule has 8 heteroatoms. The van der Waals surface area contributed by atoms with E-state index < -0.39 is 0 Å². The number of carbonyl (C=O) groups excluding carboxylic acids is 3. The number of anilines is 1. The van der Waals surface area contributed by atoms with Gasteiger partial charge >= 0.3 is 0 Å². The van der Waals surface area contributed by atoms with E-state index >= 15 is 0 Å². The predicted octanol–water partition coefficient (Wildman–Crippen LogP) is 3.63. The van der Waals surface area contributed by atoms with Crippen molar-refractivity contribution in [2.45, 2.75) is 51.4 Å². The number of hydrogen-bond acceptors (Lipinski definition) is 4.